The van der Waals surface area contributed by atoms with E-state index in [1.54, 1.807) is 42.5 Å². The van der Waals surface area contributed by atoms with E-state index in [4.69, 9.17) is 16.3 Å². The summed E-state index contributed by atoms with van der Waals surface area (Å²) < 4.78 is 32.1. The lowest BCUT2D eigenvalue weighted by molar-refractivity contribution is -0.154. The van der Waals surface area contributed by atoms with Gasteiger partial charge >= 0.3 is 5.97 Å². The fourth-order valence-electron chi connectivity index (χ4n) is 3.78. The molecule has 0 unspecified atom stereocenters. The number of halogens is 1. The minimum absolute atomic E-state index is 0.200. The molecule has 0 spiro atoms. The summed E-state index contributed by atoms with van der Waals surface area (Å²) in [5.41, 5.74) is 0.155. The monoisotopic (exact) mass is 462 g/mol. The molecule has 4 rings (SSSR count). The summed E-state index contributed by atoms with van der Waals surface area (Å²) in [5, 5.41) is 0.594. The van der Waals surface area contributed by atoms with Crippen LogP contribution in [0.15, 0.2) is 59.5 Å². The van der Waals surface area contributed by atoms with Crippen LogP contribution in [-0.2, 0) is 29.8 Å². The molecule has 0 aromatic heterocycles. The van der Waals surface area contributed by atoms with Crippen molar-refractivity contribution in [2.75, 3.05) is 32.8 Å². The number of piperazine rings is 1. The van der Waals surface area contributed by atoms with Gasteiger partial charge in [-0.15, -0.1) is 0 Å². The number of rotatable bonds is 6. The number of esters is 1. The van der Waals surface area contributed by atoms with E-state index in [0.717, 1.165) is 5.56 Å². The Balaban J connectivity index is 1.30. The van der Waals surface area contributed by atoms with Crippen LogP contribution in [0.4, 0.5) is 0 Å². The van der Waals surface area contributed by atoms with Crippen LogP contribution in [-0.4, -0.2) is 62.3 Å². The molecule has 1 saturated carbocycles. The van der Waals surface area contributed by atoms with Crippen molar-refractivity contribution >= 4 is 33.5 Å². The van der Waals surface area contributed by atoms with Gasteiger partial charge in [-0.3, -0.25) is 9.59 Å². The molecule has 164 valence electrons. The molecule has 2 fully saturated rings. The number of hydrogen-bond acceptors (Lipinski definition) is 5. The molecule has 1 aliphatic heterocycles. The van der Waals surface area contributed by atoms with Gasteiger partial charge in [-0.05, 0) is 42.7 Å². The molecule has 1 aliphatic carbocycles. The molecule has 0 radical (unpaired) electrons. The number of benzene rings is 2. The van der Waals surface area contributed by atoms with Crippen molar-refractivity contribution < 1.29 is 22.7 Å². The van der Waals surface area contributed by atoms with Crippen LogP contribution in [0.2, 0.25) is 5.02 Å². The maximum Gasteiger partial charge on any atom is 0.317 e. The Morgan fingerprint density at radius 3 is 2.13 bits per heavy atom. The molecule has 1 heterocycles. The average Bonchev–Trinajstić information content (AvgIpc) is 3.60. The first kappa shape index (κ1) is 21.8. The molecule has 7 nitrogen and oxygen atoms in total. The number of nitrogens with zero attached hydrogens (tertiary/aromatic N) is 2. The number of carbonyl (C=O) groups excluding carboxylic acids is 2. The molecule has 2 aromatic rings. The molecule has 1 saturated heterocycles. The molecule has 0 N–H and O–H groups in total. The lowest BCUT2D eigenvalue weighted by Crippen LogP contribution is -2.51. The molecular formula is C22H23ClN2O5S. The SMILES string of the molecule is O=C(COC(=O)C1(c2ccc(Cl)cc2)CC1)N1CCN(S(=O)(=O)c2ccccc2)CC1. The van der Waals surface area contributed by atoms with E-state index in [-0.39, 0.29) is 43.6 Å². The van der Waals surface area contributed by atoms with E-state index in [2.05, 4.69) is 0 Å². The van der Waals surface area contributed by atoms with Gasteiger partial charge in [-0.2, -0.15) is 4.31 Å². The van der Waals surface area contributed by atoms with Crippen molar-refractivity contribution in [3.8, 4) is 0 Å². The summed E-state index contributed by atoms with van der Waals surface area (Å²) in [4.78, 5) is 26.9. The smallest absolute Gasteiger partial charge is 0.317 e. The predicted octanol–water partition coefficient (Wildman–Crippen LogP) is 2.45. The van der Waals surface area contributed by atoms with Crippen LogP contribution in [0.25, 0.3) is 0 Å². The van der Waals surface area contributed by atoms with Crippen LogP contribution < -0.4 is 0 Å². The maximum absolute atomic E-state index is 12.7. The molecule has 2 aromatic carbocycles. The average molecular weight is 463 g/mol. The number of hydrogen-bond donors (Lipinski definition) is 0. The van der Waals surface area contributed by atoms with Crippen molar-refractivity contribution in [3.05, 3.63) is 65.2 Å². The van der Waals surface area contributed by atoms with E-state index in [1.807, 2.05) is 12.1 Å². The van der Waals surface area contributed by atoms with E-state index >= 15 is 0 Å². The van der Waals surface area contributed by atoms with Gasteiger partial charge in [0.05, 0.1) is 10.3 Å². The minimum atomic E-state index is -3.58. The first-order valence-corrected chi connectivity index (χ1v) is 11.9. The Bertz CT molecular complexity index is 1060. The van der Waals surface area contributed by atoms with Crippen molar-refractivity contribution in [1.82, 2.24) is 9.21 Å². The zero-order chi connectivity index (χ0) is 22.1. The molecule has 2 aliphatic rings. The largest absolute Gasteiger partial charge is 0.455 e. The van der Waals surface area contributed by atoms with E-state index in [9.17, 15) is 18.0 Å². The van der Waals surface area contributed by atoms with Gasteiger partial charge < -0.3 is 9.64 Å². The van der Waals surface area contributed by atoms with Crippen molar-refractivity contribution in [1.29, 1.82) is 0 Å². The Labute approximate surface area is 186 Å². The highest BCUT2D eigenvalue weighted by Crippen LogP contribution is 2.49. The quantitative estimate of drug-likeness (QED) is 0.616. The normalized spacial score (nSPS) is 18.4. The summed E-state index contributed by atoms with van der Waals surface area (Å²) in [5.74, 6) is -0.731. The molecule has 9 heteroatoms. The Hall–Kier alpha value is -2.42. The second kappa shape index (κ2) is 8.61. The van der Waals surface area contributed by atoms with E-state index < -0.39 is 21.4 Å². The van der Waals surface area contributed by atoms with Crippen LogP contribution in [0.3, 0.4) is 0 Å². The molecule has 1 amide bonds. The Kier molecular flexibility index (Phi) is 6.05. The van der Waals surface area contributed by atoms with Crippen molar-refractivity contribution in [2.24, 2.45) is 0 Å². The first-order valence-electron chi connectivity index (χ1n) is 10.1. The van der Waals surface area contributed by atoms with Crippen molar-refractivity contribution in [3.63, 3.8) is 0 Å². The minimum Gasteiger partial charge on any atom is -0.455 e. The van der Waals surface area contributed by atoms with E-state index in [1.165, 1.54) is 9.21 Å². The summed E-state index contributed by atoms with van der Waals surface area (Å²) >= 11 is 5.92. The van der Waals surface area contributed by atoms with Crippen LogP contribution >= 0.6 is 11.6 Å². The lowest BCUT2D eigenvalue weighted by atomic mass is 9.96. The third kappa shape index (κ3) is 4.46. The highest BCUT2D eigenvalue weighted by Gasteiger charge is 2.53. The highest BCUT2D eigenvalue weighted by atomic mass is 35.5. The maximum atomic E-state index is 12.7. The fraction of sp³-hybridized carbons (Fsp3) is 0.364. The number of ether oxygens (including phenoxy) is 1. The second-order valence-corrected chi connectivity index (χ2v) is 10.1. The summed E-state index contributed by atoms with van der Waals surface area (Å²) in [6, 6.07) is 15.3. The molecule has 0 atom stereocenters. The third-order valence-electron chi connectivity index (χ3n) is 5.84. The lowest BCUT2D eigenvalue weighted by Gasteiger charge is -2.34. The fourth-order valence-corrected chi connectivity index (χ4v) is 5.35. The van der Waals surface area contributed by atoms with Crippen molar-refractivity contribution in [2.45, 2.75) is 23.2 Å². The Morgan fingerprint density at radius 2 is 1.55 bits per heavy atom. The summed E-state index contributed by atoms with van der Waals surface area (Å²) in [6.45, 7) is 0.562. The first-order chi connectivity index (χ1) is 14.8. The number of carbonyl (C=O) groups is 2. The van der Waals surface area contributed by atoms with Crippen LogP contribution in [0.1, 0.15) is 18.4 Å². The molecule has 0 bridgehead atoms. The third-order valence-corrected chi connectivity index (χ3v) is 8.00. The topological polar surface area (TPSA) is 84.0 Å². The highest BCUT2D eigenvalue weighted by molar-refractivity contribution is 7.89. The van der Waals surface area contributed by atoms with Gasteiger partial charge in [-0.1, -0.05) is 41.9 Å². The zero-order valence-corrected chi connectivity index (χ0v) is 18.4. The second-order valence-electron chi connectivity index (χ2n) is 7.76. The standard InChI is InChI=1S/C22H23ClN2O5S/c23-18-8-6-17(7-9-18)22(10-11-22)21(27)30-16-20(26)24-12-14-25(15-13-24)31(28,29)19-4-2-1-3-5-19/h1-9H,10-16H2. The summed E-state index contributed by atoms with van der Waals surface area (Å²) in [7, 11) is -3.58. The molecular weight excluding hydrogens is 440 g/mol. The molecule has 31 heavy (non-hydrogen) atoms. The van der Waals surface area contributed by atoms with Gasteiger partial charge in [-0.25, -0.2) is 8.42 Å². The Morgan fingerprint density at radius 1 is 0.935 bits per heavy atom. The van der Waals surface area contributed by atoms with Gasteiger partial charge in [0.2, 0.25) is 10.0 Å². The van der Waals surface area contributed by atoms with Gasteiger partial charge in [0, 0.05) is 31.2 Å². The summed E-state index contributed by atoms with van der Waals surface area (Å²) in [6.07, 6.45) is 1.36. The van der Waals surface area contributed by atoms with Crippen LogP contribution in [0.5, 0.6) is 0 Å². The van der Waals surface area contributed by atoms with Crippen LogP contribution in [0, 0.1) is 0 Å². The number of sulfonamides is 1. The zero-order valence-electron chi connectivity index (χ0n) is 16.9. The van der Waals surface area contributed by atoms with E-state index in [0.29, 0.717) is 17.9 Å². The van der Waals surface area contributed by atoms with Gasteiger partial charge in [0.15, 0.2) is 6.61 Å². The van der Waals surface area contributed by atoms with Gasteiger partial charge in [0.25, 0.3) is 5.91 Å². The predicted molar refractivity (Wildman–Crippen MR) is 115 cm³/mol. The number of amides is 1. The van der Waals surface area contributed by atoms with Gasteiger partial charge in [0.1, 0.15) is 0 Å².